The number of carbonyl (C=O) groups is 1. The molecule has 0 aliphatic rings. The van der Waals surface area contributed by atoms with Gasteiger partial charge in [-0.2, -0.15) is 0 Å². The van der Waals surface area contributed by atoms with E-state index in [4.69, 9.17) is 15.2 Å². The Morgan fingerprint density at radius 3 is 2.62 bits per heavy atom. The summed E-state index contributed by atoms with van der Waals surface area (Å²) in [5, 5.41) is 3.16. The maximum atomic E-state index is 11.7. The topological polar surface area (TPSA) is 73.6 Å². The Labute approximate surface area is 131 Å². The van der Waals surface area contributed by atoms with Crippen LogP contribution in [0.15, 0.2) is 40.9 Å². The van der Waals surface area contributed by atoms with E-state index in [1.807, 2.05) is 18.2 Å². The van der Waals surface area contributed by atoms with Crippen molar-refractivity contribution in [2.24, 2.45) is 0 Å². The highest BCUT2D eigenvalue weighted by molar-refractivity contribution is 9.10. The lowest BCUT2D eigenvalue weighted by atomic mass is 10.1. The van der Waals surface area contributed by atoms with Crippen molar-refractivity contribution in [2.75, 3.05) is 25.3 Å². The summed E-state index contributed by atoms with van der Waals surface area (Å²) in [4.78, 5) is 11.7. The number of nitrogens with two attached hydrogens (primary N) is 1. The Morgan fingerprint density at radius 2 is 1.95 bits per heavy atom. The maximum absolute atomic E-state index is 11.7. The lowest BCUT2D eigenvalue weighted by Crippen LogP contribution is -2.07. The molecule has 0 atom stereocenters. The van der Waals surface area contributed by atoms with Gasteiger partial charge in [-0.25, -0.2) is 4.79 Å². The van der Waals surface area contributed by atoms with Gasteiger partial charge in [0.15, 0.2) is 0 Å². The summed E-state index contributed by atoms with van der Waals surface area (Å²) < 4.78 is 10.9. The van der Waals surface area contributed by atoms with Gasteiger partial charge in [-0.1, -0.05) is 22.0 Å². The average molecular weight is 351 g/mol. The SMILES string of the molecule is COC(=O)c1cccc(Nc2cc(Br)ccc2OC)c1N. The van der Waals surface area contributed by atoms with E-state index in [1.165, 1.54) is 7.11 Å². The van der Waals surface area contributed by atoms with Gasteiger partial charge in [0.2, 0.25) is 0 Å². The largest absolute Gasteiger partial charge is 0.495 e. The molecule has 0 radical (unpaired) electrons. The molecule has 0 unspecified atom stereocenters. The quantitative estimate of drug-likeness (QED) is 0.651. The van der Waals surface area contributed by atoms with E-state index < -0.39 is 5.97 Å². The molecular formula is C15H15BrN2O3. The van der Waals surface area contributed by atoms with Crippen molar-refractivity contribution < 1.29 is 14.3 Å². The molecule has 2 rings (SSSR count). The normalized spacial score (nSPS) is 10.0. The first kappa shape index (κ1) is 15.2. The molecule has 0 amide bonds. The molecule has 0 bridgehead atoms. The van der Waals surface area contributed by atoms with Crippen molar-refractivity contribution >= 4 is 39.0 Å². The molecule has 6 heteroatoms. The summed E-state index contributed by atoms with van der Waals surface area (Å²) in [5.41, 5.74) is 8.01. The summed E-state index contributed by atoms with van der Waals surface area (Å²) >= 11 is 3.41. The lowest BCUT2D eigenvalue weighted by molar-refractivity contribution is 0.0602. The van der Waals surface area contributed by atoms with Crippen LogP contribution in [-0.4, -0.2) is 20.2 Å². The van der Waals surface area contributed by atoms with E-state index in [-0.39, 0.29) is 0 Å². The van der Waals surface area contributed by atoms with Crippen LogP contribution in [0.5, 0.6) is 5.75 Å². The number of halogens is 1. The third kappa shape index (κ3) is 3.28. The third-order valence-electron chi connectivity index (χ3n) is 2.94. The van der Waals surface area contributed by atoms with Crippen molar-refractivity contribution in [2.45, 2.75) is 0 Å². The molecule has 2 aromatic carbocycles. The fourth-order valence-electron chi connectivity index (χ4n) is 1.89. The van der Waals surface area contributed by atoms with Gasteiger partial charge in [0.05, 0.1) is 36.8 Å². The third-order valence-corrected chi connectivity index (χ3v) is 3.44. The molecule has 21 heavy (non-hydrogen) atoms. The fourth-order valence-corrected chi connectivity index (χ4v) is 2.25. The van der Waals surface area contributed by atoms with Crippen molar-refractivity contribution in [1.29, 1.82) is 0 Å². The van der Waals surface area contributed by atoms with Gasteiger partial charge >= 0.3 is 5.97 Å². The monoisotopic (exact) mass is 350 g/mol. The highest BCUT2D eigenvalue weighted by atomic mass is 79.9. The Morgan fingerprint density at radius 1 is 1.19 bits per heavy atom. The summed E-state index contributed by atoms with van der Waals surface area (Å²) in [6.45, 7) is 0. The summed E-state index contributed by atoms with van der Waals surface area (Å²) in [6, 6.07) is 10.7. The van der Waals surface area contributed by atoms with Crippen LogP contribution in [0, 0.1) is 0 Å². The molecule has 110 valence electrons. The molecule has 0 saturated carbocycles. The number of esters is 1. The number of hydrogen-bond acceptors (Lipinski definition) is 5. The zero-order chi connectivity index (χ0) is 15.4. The maximum Gasteiger partial charge on any atom is 0.340 e. The molecule has 0 aliphatic heterocycles. The van der Waals surface area contributed by atoms with Gasteiger partial charge in [0.1, 0.15) is 5.75 Å². The predicted octanol–water partition coefficient (Wildman–Crippen LogP) is 3.57. The Hall–Kier alpha value is -2.21. The van der Waals surface area contributed by atoms with Crippen molar-refractivity contribution in [3.05, 3.63) is 46.4 Å². The first-order chi connectivity index (χ1) is 10.1. The second-order valence-corrected chi connectivity index (χ2v) is 5.14. The number of benzene rings is 2. The molecular weight excluding hydrogens is 336 g/mol. The smallest absolute Gasteiger partial charge is 0.340 e. The number of anilines is 3. The molecule has 0 aromatic heterocycles. The molecule has 0 fully saturated rings. The van der Waals surface area contributed by atoms with Crippen LogP contribution in [0.3, 0.4) is 0 Å². The number of nitrogens with one attached hydrogen (secondary N) is 1. The number of hydrogen-bond donors (Lipinski definition) is 2. The minimum atomic E-state index is -0.475. The predicted molar refractivity (Wildman–Crippen MR) is 86.2 cm³/mol. The van der Waals surface area contributed by atoms with E-state index in [1.54, 1.807) is 25.3 Å². The molecule has 2 aromatic rings. The average Bonchev–Trinajstić information content (AvgIpc) is 2.49. The minimum absolute atomic E-state index is 0.316. The van der Waals surface area contributed by atoms with Crippen LogP contribution >= 0.6 is 15.9 Å². The van der Waals surface area contributed by atoms with Gasteiger partial charge in [0.25, 0.3) is 0 Å². The van der Waals surface area contributed by atoms with Crippen LogP contribution in [0.2, 0.25) is 0 Å². The molecule has 0 aliphatic carbocycles. The van der Waals surface area contributed by atoms with E-state index in [0.717, 1.165) is 10.2 Å². The zero-order valence-corrected chi connectivity index (χ0v) is 13.2. The van der Waals surface area contributed by atoms with Gasteiger partial charge < -0.3 is 20.5 Å². The Balaban J connectivity index is 2.41. The summed E-state index contributed by atoms with van der Waals surface area (Å²) in [7, 11) is 2.90. The van der Waals surface area contributed by atoms with E-state index >= 15 is 0 Å². The van der Waals surface area contributed by atoms with Crippen LogP contribution in [0.4, 0.5) is 17.1 Å². The van der Waals surface area contributed by atoms with Crippen LogP contribution in [-0.2, 0) is 4.74 Å². The molecule has 0 heterocycles. The fraction of sp³-hybridized carbons (Fsp3) is 0.133. The van der Waals surface area contributed by atoms with Crippen molar-refractivity contribution in [3.8, 4) is 5.75 Å². The number of carbonyl (C=O) groups excluding carboxylic acids is 1. The first-order valence-electron chi connectivity index (χ1n) is 6.14. The highest BCUT2D eigenvalue weighted by Crippen LogP contribution is 2.33. The Bertz CT molecular complexity index is 674. The van der Waals surface area contributed by atoms with Crippen LogP contribution in [0.25, 0.3) is 0 Å². The number of rotatable bonds is 4. The summed E-state index contributed by atoms with van der Waals surface area (Å²) in [5.74, 6) is 0.193. The van der Waals surface area contributed by atoms with Gasteiger partial charge in [-0.15, -0.1) is 0 Å². The van der Waals surface area contributed by atoms with E-state index in [9.17, 15) is 4.79 Å². The van der Waals surface area contributed by atoms with Gasteiger partial charge in [-0.3, -0.25) is 0 Å². The number of nitrogen functional groups attached to an aromatic ring is 1. The second kappa shape index (κ2) is 6.49. The first-order valence-corrected chi connectivity index (χ1v) is 6.93. The highest BCUT2D eigenvalue weighted by Gasteiger charge is 2.14. The molecule has 3 N–H and O–H groups in total. The number of para-hydroxylation sites is 1. The minimum Gasteiger partial charge on any atom is -0.495 e. The zero-order valence-electron chi connectivity index (χ0n) is 11.6. The van der Waals surface area contributed by atoms with Crippen LogP contribution < -0.4 is 15.8 Å². The molecule has 5 nitrogen and oxygen atoms in total. The lowest BCUT2D eigenvalue weighted by Gasteiger charge is -2.14. The van der Waals surface area contributed by atoms with Crippen LogP contribution in [0.1, 0.15) is 10.4 Å². The van der Waals surface area contributed by atoms with E-state index in [2.05, 4.69) is 21.2 Å². The molecule has 0 saturated heterocycles. The van der Waals surface area contributed by atoms with Gasteiger partial charge in [0, 0.05) is 4.47 Å². The number of ether oxygens (including phenoxy) is 2. The van der Waals surface area contributed by atoms with Crippen molar-refractivity contribution in [3.63, 3.8) is 0 Å². The van der Waals surface area contributed by atoms with Crippen molar-refractivity contribution in [1.82, 2.24) is 0 Å². The number of methoxy groups -OCH3 is 2. The summed E-state index contributed by atoms with van der Waals surface area (Å²) in [6.07, 6.45) is 0. The van der Waals surface area contributed by atoms with Gasteiger partial charge in [-0.05, 0) is 30.3 Å². The van der Waals surface area contributed by atoms with E-state index in [0.29, 0.717) is 22.7 Å². The Kier molecular flexibility index (Phi) is 4.70. The molecule has 0 spiro atoms. The standard InChI is InChI=1S/C15H15BrN2O3/c1-20-13-7-6-9(16)8-12(13)18-11-5-3-4-10(14(11)17)15(19)21-2/h3-8,18H,17H2,1-2H3. The second-order valence-electron chi connectivity index (χ2n) is 4.23.